The number of fused-ring (bicyclic) bond motifs is 3. The van der Waals surface area contributed by atoms with Gasteiger partial charge < -0.3 is 14.6 Å². The largest absolute Gasteiger partial charge is 0.459 e. The molecule has 0 aromatic carbocycles. The summed E-state index contributed by atoms with van der Waals surface area (Å²) in [7, 11) is 0. The molecule has 0 bridgehead atoms. The quantitative estimate of drug-likeness (QED) is 0.267. The normalized spacial score (nSPS) is 37.5. The van der Waals surface area contributed by atoms with E-state index in [0.717, 1.165) is 12.8 Å². The van der Waals surface area contributed by atoms with Crippen LogP contribution in [0.4, 0.5) is 0 Å². The van der Waals surface area contributed by atoms with E-state index in [4.69, 9.17) is 9.47 Å². The van der Waals surface area contributed by atoms with Crippen LogP contribution in [0.3, 0.4) is 0 Å². The van der Waals surface area contributed by atoms with E-state index < -0.39 is 29.1 Å². The molecule has 27 heavy (non-hydrogen) atoms. The van der Waals surface area contributed by atoms with Gasteiger partial charge in [-0.2, -0.15) is 0 Å². The summed E-state index contributed by atoms with van der Waals surface area (Å²) < 4.78 is 10.9. The van der Waals surface area contributed by atoms with Gasteiger partial charge in [0.05, 0.1) is 0 Å². The Labute approximate surface area is 158 Å². The van der Waals surface area contributed by atoms with E-state index in [1.54, 1.807) is 6.08 Å². The number of carbonyl (C=O) groups excluding carboxylic acids is 3. The number of carbonyl (C=O) groups is 3. The number of allylic oxidation sites excluding steroid dienone is 3. The van der Waals surface area contributed by atoms with Crippen molar-refractivity contribution in [3.8, 4) is 0 Å². The first-order valence-corrected chi connectivity index (χ1v) is 9.27. The van der Waals surface area contributed by atoms with Crippen LogP contribution in [0.15, 0.2) is 36.0 Å². The standard InChI is InChI=1S/C21H26O6/c1-19(2)9-7-10-20(3)17(19)15(27-16(23)8-5-4-6-11-22)12-14-13-26-18(24)21(14,20)25/h4-6,8,11-12,15,17,25H,7,9-10,13H2,1-3H3/b6-4+,8-5+/t15-,17-,20+,21-/m0/s1. The van der Waals surface area contributed by atoms with Gasteiger partial charge in [0.15, 0.2) is 5.60 Å². The third-order valence-corrected chi connectivity index (χ3v) is 6.47. The molecule has 1 saturated carbocycles. The van der Waals surface area contributed by atoms with E-state index in [0.29, 0.717) is 18.3 Å². The van der Waals surface area contributed by atoms with Crippen LogP contribution < -0.4 is 0 Å². The van der Waals surface area contributed by atoms with Crippen LogP contribution >= 0.6 is 0 Å². The van der Waals surface area contributed by atoms with Crippen molar-refractivity contribution < 1.29 is 29.0 Å². The number of rotatable bonds is 4. The number of esters is 2. The van der Waals surface area contributed by atoms with Gasteiger partial charge in [0.25, 0.3) is 0 Å². The van der Waals surface area contributed by atoms with Gasteiger partial charge >= 0.3 is 11.9 Å². The molecule has 1 heterocycles. The Kier molecular flexibility index (Phi) is 4.89. The van der Waals surface area contributed by atoms with Crippen LogP contribution in [0, 0.1) is 16.7 Å². The van der Waals surface area contributed by atoms with Crippen LogP contribution in [0.25, 0.3) is 0 Å². The Bertz CT molecular complexity index is 746. The predicted molar refractivity (Wildman–Crippen MR) is 97.4 cm³/mol. The Morgan fingerprint density at radius 2 is 2.00 bits per heavy atom. The summed E-state index contributed by atoms with van der Waals surface area (Å²) in [5, 5.41) is 11.4. The smallest absolute Gasteiger partial charge is 0.343 e. The first-order valence-electron chi connectivity index (χ1n) is 9.27. The highest BCUT2D eigenvalue weighted by Gasteiger charge is 2.69. The van der Waals surface area contributed by atoms with Gasteiger partial charge in [0, 0.05) is 23.0 Å². The zero-order valence-corrected chi connectivity index (χ0v) is 15.9. The molecule has 0 aromatic rings. The number of aldehydes is 1. The highest BCUT2D eigenvalue weighted by molar-refractivity contribution is 5.88. The summed E-state index contributed by atoms with van der Waals surface area (Å²) in [6, 6.07) is 0. The number of hydrogen-bond donors (Lipinski definition) is 1. The topological polar surface area (TPSA) is 89.9 Å². The second kappa shape index (κ2) is 6.75. The molecule has 3 aliphatic rings. The van der Waals surface area contributed by atoms with Crippen LogP contribution in [-0.2, 0) is 23.9 Å². The molecule has 0 unspecified atom stereocenters. The minimum Gasteiger partial charge on any atom is -0.459 e. The predicted octanol–water partition coefficient (Wildman–Crippen LogP) is 2.27. The van der Waals surface area contributed by atoms with Gasteiger partial charge in [-0.05, 0) is 30.4 Å². The van der Waals surface area contributed by atoms with Crippen molar-refractivity contribution in [1.29, 1.82) is 0 Å². The second-order valence-corrected chi connectivity index (χ2v) is 8.50. The first kappa shape index (κ1) is 19.5. The Balaban J connectivity index is 1.98. The van der Waals surface area contributed by atoms with Crippen molar-refractivity contribution in [1.82, 2.24) is 0 Å². The number of ether oxygens (including phenoxy) is 2. The fourth-order valence-corrected chi connectivity index (χ4v) is 5.36. The molecule has 4 atom stereocenters. The summed E-state index contributed by atoms with van der Waals surface area (Å²) in [6.07, 6.45) is 9.59. The van der Waals surface area contributed by atoms with Gasteiger partial charge in [0.2, 0.25) is 0 Å². The van der Waals surface area contributed by atoms with E-state index >= 15 is 0 Å². The van der Waals surface area contributed by atoms with Crippen LogP contribution in [0.1, 0.15) is 40.0 Å². The molecular weight excluding hydrogens is 348 g/mol. The van der Waals surface area contributed by atoms with Crippen LogP contribution in [0.5, 0.6) is 0 Å². The molecule has 2 aliphatic carbocycles. The highest BCUT2D eigenvalue weighted by Crippen LogP contribution is 2.63. The van der Waals surface area contributed by atoms with Gasteiger partial charge in [-0.25, -0.2) is 9.59 Å². The Hall–Kier alpha value is -2.21. The Morgan fingerprint density at radius 3 is 2.70 bits per heavy atom. The van der Waals surface area contributed by atoms with Crippen molar-refractivity contribution in [2.45, 2.75) is 51.7 Å². The van der Waals surface area contributed by atoms with Gasteiger partial charge in [0.1, 0.15) is 19.0 Å². The molecule has 146 valence electrons. The molecule has 6 nitrogen and oxygen atoms in total. The summed E-state index contributed by atoms with van der Waals surface area (Å²) in [5.41, 5.74) is -2.20. The third kappa shape index (κ3) is 2.96. The molecule has 0 amide bonds. The van der Waals surface area contributed by atoms with Crippen molar-refractivity contribution >= 4 is 18.2 Å². The lowest BCUT2D eigenvalue weighted by Gasteiger charge is -2.59. The van der Waals surface area contributed by atoms with Crippen LogP contribution in [-0.4, -0.2) is 41.6 Å². The number of cyclic esters (lactones) is 1. The van der Waals surface area contributed by atoms with Gasteiger partial charge in [-0.3, -0.25) is 4.79 Å². The average Bonchev–Trinajstić information content (AvgIpc) is 2.88. The van der Waals surface area contributed by atoms with E-state index in [9.17, 15) is 19.5 Å². The molecule has 3 rings (SSSR count). The maximum Gasteiger partial charge on any atom is 0.343 e. The molecule has 1 saturated heterocycles. The highest BCUT2D eigenvalue weighted by atomic mass is 16.6. The fourth-order valence-electron chi connectivity index (χ4n) is 5.36. The fraction of sp³-hybridized carbons (Fsp3) is 0.571. The molecule has 1 N–H and O–H groups in total. The molecule has 1 aliphatic heterocycles. The molecular formula is C21H26O6. The second-order valence-electron chi connectivity index (χ2n) is 8.50. The monoisotopic (exact) mass is 374 g/mol. The maximum atomic E-state index is 12.5. The summed E-state index contributed by atoms with van der Waals surface area (Å²) in [5.74, 6) is -1.38. The lowest BCUT2D eigenvalue weighted by molar-refractivity contribution is -0.194. The Morgan fingerprint density at radius 1 is 1.26 bits per heavy atom. The van der Waals surface area contributed by atoms with Crippen molar-refractivity contribution in [2.24, 2.45) is 16.7 Å². The van der Waals surface area contributed by atoms with E-state index in [-0.39, 0.29) is 17.9 Å². The van der Waals surface area contributed by atoms with Crippen molar-refractivity contribution in [2.75, 3.05) is 6.61 Å². The van der Waals surface area contributed by atoms with E-state index in [1.807, 2.05) is 6.92 Å². The SMILES string of the molecule is CC1(C)CCC[C@]2(C)[C@H]1[C@@H](OC(=O)/C=C/C=C/C=O)C=C1COC(=O)[C@@]12O. The zero-order chi connectivity index (χ0) is 19.9. The number of hydrogen-bond acceptors (Lipinski definition) is 6. The van der Waals surface area contributed by atoms with Crippen molar-refractivity contribution in [3.63, 3.8) is 0 Å². The van der Waals surface area contributed by atoms with Gasteiger partial charge in [-0.15, -0.1) is 0 Å². The lowest BCUT2D eigenvalue weighted by Crippen LogP contribution is -2.65. The minimum absolute atomic E-state index is 0.0179. The van der Waals surface area contributed by atoms with E-state index in [2.05, 4.69) is 13.8 Å². The molecule has 6 heteroatoms. The summed E-state index contributed by atoms with van der Waals surface area (Å²) >= 11 is 0. The lowest BCUT2D eigenvalue weighted by atomic mass is 9.46. The molecule has 0 aromatic heterocycles. The minimum atomic E-state index is -1.67. The molecule has 0 radical (unpaired) electrons. The number of aliphatic hydroxyl groups is 1. The average molecular weight is 374 g/mol. The maximum absolute atomic E-state index is 12.5. The zero-order valence-electron chi connectivity index (χ0n) is 15.9. The summed E-state index contributed by atoms with van der Waals surface area (Å²) in [6.45, 7) is 6.09. The first-order chi connectivity index (χ1) is 12.7. The van der Waals surface area contributed by atoms with Gasteiger partial charge in [-0.1, -0.05) is 39.3 Å². The third-order valence-electron chi connectivity index (χ3n) is 6.47. The molecule has 2 fully saturated rings. The van der Waals surface area contributed by atoms with Crippen molar-refractivity contribution in [3.05, 3.63) is 36.0 Å². The van der Waals surface area contributed by atoms with E-state index in [1.165, 1.54) is 24.3 Å². The summed E-state index contributed by atoms with van der Waals surface area (Å²) in [4.78, 5) is 35.0. The van der Waals surface area contributed by atoms with Crippen LogP contribution in [0.2, 0.25) is 0 Å². The molecule has 0 spiro atoms.